The monoisotopic (exact) mass is 596 g/mol. The molecule has 43 heavy (non-hydrogen) atoms. The van der Waals surface area contributed by atoms with Crippen molar-refractivity contribution >= 4 is 10.0 Å². The van der Waals surface area contributed by atoms with Gasteiger partial charge in [-0.3, -0.25) is 0 Å². The second kappa shape index (κ2) is 15.0. The topological polar surface area (TPSA) is 58.2 Å². The number of rotatable bonds is 14. The molecule has 0 radical (unpaired) electrons. The van der Waals surface area contributed by atoms with Crippen molar-refractivity contribution < 1.29 is 8.42 Å². The first-order valence-electron chi connectivity index (χ1n) is 15.7. The lowest BCUT2D eigenvalue weighted by Crippen LogP contribution is -2.39. The molecule has 0 fully saturated rings. The van der Waals surface area contributed by atoms with Crippen molar-refractivity contribution in [2.75, 3.05) is 6.54 Å². The summed E-state index contributed by atoms with van der Waals surface area (Å²) in [5.41, 5.74) is 6.19. The molecule has 5 heteroatoms. The van der Waals surface area contributed by atoms with Gasteiger partial charge in [-0.05, 0) is 70.5 Å². The molecular formula is C38H48N2O2S. The molecule has 2 N–H and O–H groups in total. The Morgan fingerprint density at radius 3 is 1.51 bits per heavy atom. The third kappa shape index (κ3) is 8.44. The highest BCUT2D eigenvalue weighted by Crippen LogP contribution is 2.37. The Labute approximate surface area is 260 Å². The minimum absolute atomic E-state index is 0.0546. The molecule has 0 spiro atoms. The lowest BCUT2D eigenvalue weighted by molar-refractivity contribution is 0.420. The van der Waals surface area contributed by atoms with Crippen molar-refractivity contribution in [1.82, 2.24) is 10.0 Å². The summed E-state index contributed by atoms with van der Waals surface area (Å²) in [6.07, 6.45) is 1.89. The fourth-order valence-electron chi connectivity index (χ4n) is 5.70. The van der Waals surface area contributed by atoms with Gasteiger partial charge in [0.1, 0.15) is 0 Å². The van der Waals surface area contributed by atoms with E-state index in [4.69, 9.17) is 0 Å². The van der Waals surface area contributed by atoms with Crippen LogP contribution in [0, 0.1) is 0 Å². The van der Waals surface area contributed by atoms with Crippen LogP contribution in [0.5, 0.6) is 0 Å². The predicted molar refractivity (Wildman–Crippen MR) is 180 cm³/mol. The summed E-state index contributed by atoms with van der Waals surface area (Å²) in [6, 6.07) is 34.0. The van der Waals surface area contributed by atoms with E-state index < -0.39 is 16.1 Å². The van der Waals surface area contributed by atoms with Gasteiger partial charge in [0, 0.05) is 0 Å². The maximum Gasteiger partial charge on any atom is 0.241 e. The largest absolute Gasteiger partial charge is 0.308 e. The Kier molecular flexibility index (Phi) is 11.4. The van der Waals surface area contributed by atoms with Gasteiger partial charge in [0.2, 0.25) is 10.0 Å². The molecule has 0 aliphatic heterocycles. The van der Waals surface area contributed by atoms with Gasteiger partial charge in [0.25, 0.3) is 0 Å². The predicted octanol–water partition coefficient (Wildman–Crippen LogP) is 9.04. The van der Waals surface area contributed by atoms with E-state index in [0.29, 0.717) is 10.8 Å². The van der Waals surface area contributed by atoms with Gasteiger partial charge in [-0.15, -0.1) is 0 Å². The van der Waals surface area contributed by atoms with Crippen LogP contribution in [0.2, 0.25) is 0 Å². The van der Waals surface area contributed by atoms with E-state index >= 15 is 0 Å². The number of benzene rings is 4. The Balaban J connectivity index is 1.77. The van der Waals surface area contributed by atoms with Gasteiger partial charge in [0.15, 0.2) is 0 Å². The fourth-order valence-corrected chi connectivity index (χ4v) is 7.63. The summed E-state index contributed by atoms with van der Waals surface area (Å²) in [5.74, 6) is 0.414. The standard InChI is InChI=1S/C38H48N2O2S/c1-27(2)33-25-34(28(3)4)38(35(26-33)29(5)6)43(41,42)40-37(32-22-14-9-15-23-32)36(31-20-12-8-13-21-31)39-24-16-19-30-17-10-7-11-18-30/h7-15,17-18,20-23,25-29,36-37,39-40H,16,19,24H2,1-6H3/t36?,37-/m1/s1. The van der Waals surface area contributed by atoms with Crippen LogP contribution in [0.4, 0.5) is 0 Å². The zero-order valence-corrected chi connectivity index (χ0v) is 27.4. The van der Waals surface area contributed by atoms with E-state index in [1.54, 1.807) is 0 Å². The molecule has 4 aromatic carbocycles. The summed E-state index contributed by atoms with van der Waals surface area (Å²) in [5, 5.41) is 3.75. The molecule has 0 saturated carbocycles. The third-order valence-electron chi connectivity index (χ3n) is 8.13. The quantitative estimate of drug-likeness (QED) is 0.143. The molecule has 0 saturated heterocycles. The Morgan fingerprint density at radius 1 is 0.581 bits per heavy atom. The van der Waals surface area contributed by atoms with E-state index in [1.165, 1.54) is 11.1 Å². The average molecular weight is 597 g/mol. The van der Waals surface area contributed by atoms with E-state index in [9.17, 15) is 8.42 Å². The molecule has 4 rings (SSSR count). The van der Waals surface area contributed by atoms with Gasteiger partial charge in [0.05, 0.1) is 17.0 Å². The number of sulfonamides is 1. The normalized spacial score (nSPS) is 13.5. The molecular weight excluding hydrogens is 548 g/mol. The average Bonchev–Trinajstić information content (AvgIpc) is 3.00. The SMILES string of the molecule is CC(C)c1cc(C(C)C)c(S(=O)(=O)N[C@H](c2ccccc2)C(NCCCc2ccccc2)c2ccccc2)c(C(C)C)c1. The Bertz CT molecular complexity index is 1500. The highest BCUT2D eigenvalue weighted by molar-refractivity contribution is 7.89. The van der Waals surface area contributed by atoms with Crippen LogP contribution >= 0.6 is 0 Å². The zero-order chi connectivity index (χ0) is 31.0. The second-order valence-electron chi connectivity index (χ2n) is 12.4. The number of nitrogens with one attached hydrogen (secondary N) is 2. The number of hydrogen-bond acceptors (Lipinski definition) is 3. The molecule has 0 heterocycles. The molecule has 4 aromatic rings. The van der Waals surface area contributed by atoms with Crippen LogP contribution in [0.3, 0.4) is 0 Å². The smallest absolute Gasteiger partial charge is 0.241 e. The maximum absolute atomic E-state index is 14.7. The zero-order valence-electron chi connectivity index (χ0n) is 26.5. The van der Waals surface area contributed by atoms with Gasteiger partial charge in [-0.1, -0.05) is 145 Å². The second-order valence-corrected chi connectivity index (χ2v) is 14.1. The fraction of sp³-hybridized carbons (Fsp3) is 0.368. The number of hydrogen-bond donors (Lipinski definition) is 2. The summed E-state index contributed by atoms with van der Waals surface area (Å²) in [6.45, 7) is 13.4. The molecule has 0 bridgehead atoms. The van der Waals surface area contributed by atoms with Crippen molar-refractivity contribution in [3.8, 4) is 0 Å². The Morgan fingerprint density at radius 2 is 1.05 bits per heavy atom. The third-order valence-corrected chi connectivity index (χ3v) is 9.70. The lowest BCUT2D eigenvalue weighted by atomic mass is 9.89. The molecule has 0 aliphatic rings. The summed E-state index contributed by atoms with van der Waals surface area (Å²) >= 11 is 0. The van der Waals surface area contributed by atoms with Gasteiger partial charge < -0.3 is 5.32 Å². The van der Waals surface area contributed by atoms with Crippen LogP contribution in [0.25, 0.3) is 0 Å². The summed E-state index contributed by atoms with van der Waals surface area (Å²) < 4.78 is 32.6. The minimum Gasteiger partial charge on any atom is -0.308 e. The lowest BCUT2D eigenvalue weighted by Gasteiger charge is -2.31. The molecule has 0 aliphatic carbocycles. The van der Waals surface area contributed by atoms with Crippen molar-refractivity contribution in [3.05, 3.63) is 137 Å². The highest BCUT2D eigenvalue weighted by atomic mass is 32.2. The van der Waals surface area contributed by atoms with Crippen LogP contribution in [-0.2, 0) is 16.4 Å². The van der Waals surface area contributed by atoms with Crippen molar-refractivity contribution in [3.63, 3.8) is 0 Å². The summed E-state index contributed by atoms with van der Waals surface area (Å²) in [7, 11) is -3.92. The van der Waals surface area contributed by atoms with Gasteiger partial charge >= 0.3 is 0 Å². The van der Waals surface area contributed by atoms with Crippen molar-refractivity contribution in [1.29, 1.82) is 0 Å². The van der Waals surface area contributed by atoms with Crippen molar-refractivity contribution in [2.24, 2.45) is 0 Å². The van der Waals surface area contributed by atoms with Crippen LogP contribution < -0.4 is 10.0 Å². The minimum atomic E-state index is -3.92. The van der Waals surface area contributed by atoms with Crippen LogP contribution in [0.15, 0.2) is 108 Å². The molecule has 0 amide bonds. The molecule has 2 atom stereocenters. The number of aryl methyl sites for hydroxylation is 1. The first kappa shape index (κ1) is 32.7. The molecule has 1 unspecified atom stereocenters. The maximum atomic E-state index is 14.7. The van der Waals surface area contributed by atoms with Gasteiger partial charge in [-0.25, -0.2) is 13.1 Å². The first-order chi connectivity index (χ1) is 20.6. The Hall–Kier alpha value is -3.25. The van der Waals surface area contributed by atoms with E-state index in [1.807, 2.05) is 54.6 Å². The van der Waals surface area contributed by atoms with Crippen LogP contribution in [-0.4, -0.2) is 15.0 Å². The molecule has 4 nitrogen and oxygen atoms in total. The molecule has 0 aromatic heterocycles. The highest BCUT2D eigenvalue weighted by Gasteiger charge is 2.33. The van der Waals surface area contributed by atoms with Crippen LogP contribution in [0.1, 0.15) is 111 Å². The van der Waals surface area contributed by atoms with Gasteiger partial charge in [-0.2, -0.15) is 0 Å². The van der Waals surface area contributed by atoms with Crippen molar-refractivity contribution in [2.45, 2.75) is 89.1 Å². The van der Waals surface area contributed by atoms with E-state index in [2.05, 4.69) is 100 Å². The molecule has 228 valence electrons. The van der Waals surface area contributed by atoms with E-state index in [-0.39, 0.29) is 17.9 Å². The first-order valence-corrected chi connectivity index (χ1v) is 17.1. The van der Waals surface area contributed by atoms with E-state index in [0.717, 1.165) is 41.6 Å². The summed E-state index contributed by atoms with van der Waals surface area (Å²) in [4.78, 5) is 0.429.